The number of aliphatic hydroxyl groups is 1. The second-order valence-corrected chi connectivity index (χ2v) is 3.69. The Bertz CT molecular complexity index is 353. The maximum Gasteiger partial charge on any atom is 0.112 e. The summed E-state index contributed by atoms with van der Waals surface area (Å²) in [5.41, 5.74) is 2.25. The van der Waals surface area contributed by atoms with E-state index in [1.807, 2.05) is 18.2 Å². The molecule has 0 aliphatic carbocycles. The van der Waals surface area contributed by atoms with Gasteiger partial charge in [-0.3, -0.25) is 0 Å². The van der Waals surface area contributed by atoms with Gasteiger partial charge in [0.1, 0.15) is 6.10 Å². The lowest BCUT2D eigenvalue weighted by Gasteiger charge is -2.07. The Labute approximate surface area is 85.8 Å². The lowest BCUT2D eigenvalue weighted by molar-refractivity contribution is 0.253. The third-order valence-corrected chi connectivity index (χ3v) is 2.00. The molecule has 1 unspecified atom stereocenters. The molecule has 0 aromatic heterocycles. The summed E-state index contributed by atoms with van der Waals surface area (Å²) in [4.78, 5) is 0. The van der Waals surface area contributed by atoms with Gasteiger partial charge in [0, 0.05) is 5.56 Å². The van der Waals surface area contributed by atoms with Crippen LogP contribution in [0.25, 0.3) is 0 Å². The van der Waals surface area contributed by atoms with Crippen LogP contribution < -0.4 is 0 Å². The summed E-state index contributed by atoms with van der Waals surface area (Å²) in [6.07, 6.45) is -0.560. The van der Waals surface area contributed by atoms with Crippen LogP contribution in [0.5, 0.6) is 0 Å². The summed E-state index contributed by atoms with van der Waals surface area (Å²) < 4.78 is 0. The maximum absolute atomic E-state index is 9.07. The van der Waals surface area contributed by atoms with Gasteiger partial charge in [-0.2, -0.15) is 0 Å². The number of hydrogen-bond acceptors (Lipinski definition) is 1. The van der Waals surface area contributed by atoms with Crippen molar-refractivity contribution >= 4 is 0 Å². The van der Waals surface area contributed by atoms with Crippen LogP contribution >= 0.6 is 0 Å². The monoisotopic (exact) mass is 188 g/mol. The van der Waals surface area contributed by atoms with Crippen molar-refractivity contribution in [2.45, 2.75) is 32.8 Å². The predicted octanol–water partition coefficient (Wildman–Crippen LogP) is 2.54. The molecule has 1 heteroatoms. The fourth-order valence-corrected chi connectivity index (χ4v) is 1.30. The van der Waals surface area contributed by atoms with Crippen molar-refractivity contribution in [2.75, 3.05) is 0 Å². The molecule has 0 saturated heterocycles. The van der Waals surface area contributed by atoms with Gasteiger partial charge in [-0.1, -0.05) is 43.9 Å². The third-order valence-electron chi connectivity index (χ3n) is 2.00. The highest BCUT2D eigenvalue weighted by atomic mass is 16.3. The van der Waals surface area contributed by atoms with Gasteiger partial charge in [0.05, 0.1) is 0 Å². The molecule has 74 valence electrons. The second kappa shape index (κ2) is 4.83. The summed E-state index contributed by atoms with van der Waals surface area (Å²) in [5.74, 6) is 6.22. The molecule has 0 spiro atoms. The van der Waals surface area contributed by atoms with Crippen LogP contribution in [-0.2, 0) is 0 Å². The highest BCUT2D eigenvalue weighted by Crippen LogP contribution is 2.17. The van der Waals surface area contributed by atoms with Crippen LogP contribution in [0.15, 0.2) is 24.3 Å². The molecule has 0 saturated carbocycles. The minimum atomic E-state index is -0.560. The van der Waals surface area contributed by atoms with E-state index in [0.717, 1.165) is 5.56 Å². The van der Waals surface area contributed by atoms with Crippen molar-refractivity contribution in [1.29, 1.82) is 0 Å². The Balaban J connectivity index is 3.04. The fraction of sp³-hybridized carbons (Fsp3) is 0.385. The molecule has 1 N–H and O–H groups in total. The largest absolute Gasteiger partial charge is 0.381 e. The van der Waals surface area contributed by atoms with Gasteiger partial charge in [0.25, 0.3) is 0 Å². The molecule has 0 radical (unpaired) electrons. The number of rotatable bonds is 1. The first kappa shape index (κ1) is 10.8. The Kier molecular flexibility index (Phi) is 3.73. The lowest BCUT2D eigenvalue weighted by Crippen LogP contribution is -1.95. The topological polar surface area (TPSA) is 20.2 Å². The molecular formula is C13H16O. The average molecular weight is 188 g/mol. The first-order chi connectivity index (χ1) is 6.61. The average Bonchev–Trinajstić information content (AvgIpc) is 2.15. The van der Waals surface area contributed by atoms with Gasteiger partial charge in [0.15, 0.2) is 0 Å². The maximum atomic E-state index is 9.07. The molecule has 0 heterocycles. The van der Waals surface area contributed by atoms with E-state index >= 15 is 0 Å². The number of aliphatic hydroxyl groups excluding tert-OH is 1. The van der Waals surface area contributed by atoms with Crippen LogP contribution in [0.1, 0.15) is 37.8 Å². The molecule has 0 fully saturated rings. The van der Waals surface area contributed by atoms with Crippen LogP contribution in [0.2, 0.25) is 0 Å². The Morgan fingerprint density at radius 1 is 1.14 bits per heavy atom. The fourth-order valence-electron chi connectivity index (χ4n) is 1.30. The highest BCUT2D eigenvalue weighted by Gasteiger charge is 2.02. The molecule has 1 nitrogen and oxygen atoms in total. The van der Waals surface area contributed by atoms with E-state index in [1.165, 1.54) is 5.56 Å². The van der Waals surface area contributed by atoms with E-state index in [2.05, 4.69) is 31.8 Å². The molecule has 1 aromatic carbocycles. The first-order valence-electron chi connectivity index (χ1n) is 4.89. The molecule has 14 heavy (non-hydrogen) atoms. The molecule has 1 aromatic rings. The standard InChI is InChI=1S/C13H16O/c1-10(2)13-7-5-4-6-12(13)9-8-11(3)14/h4-7,10-11,14H,1-3H3. The second-order valence-electron chi connectivity index (χ2n) is 3.69. The summed E-state index contributed by atoms with van der Waals surface area (Å²) in [6.45, 7) is 5.96. The van der Waals surface area contributed by atoms with Crippen LogP contribution in [-0.4, -0.2) is 11.2 Å². The van der Waals surface area contributed by atoms with E-state index in [-0.39, 0.29) is 0 Å². The van der Waals surface area contributed by atoms with Crippen LogP contribution in [0, 0.1) is 11.8 Å². The van der Waals surface area contributed by atoms with Crippen molar-refractivity contribution < 1.29 is 5.11 Å². The van der Waals surface area contributed by atoms with E-state index in [1.54, 1.807) is 6.92 Å². The van der Waals surface area contributed by atoms with Crippen molar-refractivity contribution in [3.63, 3.8) is 0 Å². The molecule has 0 aliphatic rings. The lowest BCUT2D eigenvalue weighted by atomic mass is 9.97. The van der Waals surface area contributed by atoms with Gasteiger partial charge in [-0.25, -0.2) is 0 Å². The quantitative estimate of drug-likeness (QED) is 0.671. The minimum Gasteiger partial charge on any atom is -0.381 e. The zero-order valence-corrected chi connectivity index (χ0v) is 8.91. The number of benzene rings is 1. The number of hydrogen-bond donors (Lipinski definition) is 1. The van der Waals surface area contributed by atoms with Crippen molar-refractivity contribution in [1.82, 2.24) is 0 Å². The van der Waals surface area contributed by atoms with E-state index < -0.39 is 6.10 Å². The van der Waals surface area contributed by atoms with Gasteiger partial charge in [-0.15, -0.1) is 0 Å². The Morgan fingerprint density at radius 3 is 2.36 bits per heavy atom. The Hall–Kier alpha value is -1.26. The third kappa shape index (κ3) is 2.90. The van der Waals surface area contributed by atoms with Crippen LogP contribution in [0.4, 0.5) is 0 Å². The SMILES string of the molecule is CC(O)C#Cc1ccccc1C(C)C. The van der Waals surface area contributed by atoms with Gasteiger partial charge in [0.2, 0.25) is 0 Å². The summed E-state index contributed by atoms with van der Waals surface area (Å²) in [5, 5.41) is 9.07. The summed E-state index contributed by atoms with van der Waals surface area (Å²) >= 11 is 0. The van der Waals surface area contributed by atoms with E-state index in [9.17, 15) is 0 Å². The van der Waals surface area contributed by atoms with E-state index in [4.69, 9.17) is 5.11 Å². The zero-order valence-electron chi connectivity index (χ0n) is 8.91. The van der Waals surface area contributed by atoms with Gasteiger partial charge >= 0.3 is 0 Å². The minimum absolute atomic E-state index is 0.467. The summed E-state index contributed by atoms with van der Waals surface area (Å²) in [6, 6.07) is 8.06. The molecule has 0 aliphatic heterocycles. The van der Waals surface area contributed by atoms with E-state index in [0.29, 0.717) is 5.92 Å². The summed E-state index contributed by atoms with van der Waals surface area (Å²) in [7, 11) is 0. The van der Waals surface area contributed by atoms with Crippen LogP contribution in [0.3, 0.4) is 0 Å². The highest BCUT2D eigenvalue weighted by molar-refractivity contribution is 5.43. The molecular weight excluding hydrogens is 172 g/mol. The normalized spacial score (nSPS) is 12.1. The Morgan fingerprint density at radius 2 is 1.79 bits per heavy atom. The first-order valence-corrected chi connectivity index (χ1v) is 4.89. The van der Waals surface area contributed by atoms with Crippen molar-refractivity contribution in [2.24, 2.45) is 0 Å². The van der Waals surface area contributed by atoms with Crippen molar-refractivity contribution in [3.05, 3.63) is 35.4 Å². The molecule has 1 atom stereocenters. The zero-order chi connectivity index (χ0) is 10.6. The van der Waals surface area contributed by atoms with Crippen molar-refractivity contribution in [3.8, 4) is 11.8 Å². The van der Waals surface area contributed by atoms with Gasteiger partial charge in [-0.05, 0) is 24.5 Å². The molecule has 0 bridgehead atoms. The molecule has 0 amide bonds. The predicted molar refractivity (Wildman–Crippen MR) is 59.1 cm³/mol. The molecule has 1 rings (SSSR count). The smallest absolute Gasteiger partial charge is 0.112 e. The van der Waals surface area contributed by atoms with Gasteiger partial charge < -0.3 is 5.11 Å².